The topological polar surface area (TPSA) is 12.0 Å². The highest BCUT2D eigenvalue weighted by Crippen LogP contribution is 2.39. The lowest BCUT2D eigenvalue weighted by molar-refractivity contribution is 0.184. The van der Waals surface area contributed by atoms with E-state index in [4.69, 9.17) is 0 Å². The van der Waals surface area contributed by atoms with Gasteiger partial charge < -0.3 is 5.32 Å². The molecule has 2 fully saturated rings. The van der Waals surface area contributed by atoms with Crippen LogP contribution in [0.2, 0.25) is 0 Å². The largest absolute Gasteiger partial charge is 0.311 e. The van der Waals surface area contributed by atoms with Gasteiger partial charge in [0.05, 0.1) is 0 Å². The van der Waals surface area contributed by atoms with Gasteiger partial charge in [-0.2, -0.15) is 0 Å². The van der Waals surface area contributed by atoms with E-state index in [1.807, 2.05) is 0 Å². The van der Waals surface area contributed by atoms with Crippen molar-refractivity contribution in [3.8, 4) is 0 Å². The van der Waals surface area contributed by atoms with Gasteiger partial charge in [-0.3, -0.25) is 0 Å². The smallest absolute Gasteiger partial charge is 0.0121 e. The van der Waals surface area contributed by atoms with E-state index < -0.39 is 0 Å². The van der Waals surface area contributed by atoms with Crippen molar-refractivity contribution in [2.24, 2.45) is 17.3 Å². The van der Waals surface area contributed by atoms with E-state index in [1.54, 1.807) is 0 Å². The molecule has 1 N–H and O–H groups in total. The van der Waals surface area contributed by atoms with Crippen LogP contribution in [0.15, 0.2) is 0 Å². The molecule has 0 aromatic rings. The maximum atomic E-state index is 3.96. The first-order valence-corrected chi connectivity index (χ1v) is 7.25. The van der Waals surface area contributed by atoms with Crippen LogP contribution >= 0.6 is 0 Å². The maximum absolute atomic E-state index is 3.96. The molecule has 2 rings (SSSR count). The Hall–Kier alpha value is -0.0400. The van der Waals surface area contributed by atoms with Crippen LogP contribution in [-0.4, -0.2) is 12.1 Å². The summed E-state index contributed by atoms with van der Waals surface area (Å²) in [4.78, 5) is 0. The van der Waals surface area contributed by atoms with E-state index in [2.05, 4.69) is 33.0 Å². The van der Waals surface area contributed by atoms with Gasteiger partial charge in [-0.05, 0) is 49.4 Å². The number of nitrogens with one attached hydrogen (secondary N) is 1. The lowest BCUT2D eigenvalue weighted by Crippen LogP contribution is -2.46. The molecule has 4 atom stereocenters. The zero-order valence-electron chi connectivity index (χ0n) is 11.6. The van der Waals surface area contributed by atoms with Gasteiger partial charge in [0, 0.05) is 12.1 Å². The lowest BCUT2D eigenvalue weighted by Gasteiger charge is -2.37. The van der Waals surface area contributed by atoms with Crippen LogP contribution < -0.4 is 5.32 Å². The minimum atomic E-state index is 0.534. The van der Waals surface area contributed by atoms with Crippen LogP contribution in [0, 0.1) is 17.3 Å². The van der Waals surface area contributed by atoms with Gasteiger partial charge in [-0.15, -0.1) is 0 Å². The summed E-state index contributed by atoms with van der Waals surface area (Å²) in [5.41, 5.74) is 0.534. The van der Waals surface area contributed by atoms with Crippen molar-refractivity contribution in [3.05, 3.63) is 0 Å². The van der Waals surface area contributed by atoms with E-state index >= 15 is 0 Å². The third-order valence-corrected chi connectivity index (χ3v) is 5.29. The van der Waals surface area contributed by atoms with Crippen molar-refractivity contribution in [1.29, 1.82) is 0 Å². The Kier molecular flexibility index (Phi) is 3.63. The van der Waals surface area contributed by atoms with E-state index in [0.717, 1.165) is 23.9 Å². The molecular formula is C15H29N. The summed E-state index contributed by atoms with van der Waals surface area (Å²) >= 11 is 0. The van der Waals surface area contributed by atoms with E-state index in [1.165, 1.54) is 38.5 Å². The predicted molar refractivity (Wildman–Crippen MR) is 70.5 cm³/mol. The predicted octanol–water partition coefficient (Wildman–Crippen LogP) is 3.98. The number of hydrogen-bond donors (Lipinski definition) is 1. The molecule has 0 saturated heterocycles. The minimum Gasteiger partial charge on any atom is -0.311 e. The van der Waals surface area contributed by atoms with Gasteiger partial charge in [0.25, 0.3) is 0 Å². The monoisotopic (exact) mass is 223 g/mol. The highest BCUT2D eigenvalue weighted by atomic mass is 15.0. The summed E-state index contributed by atoms with van der Waals surface area (Å²) in [5.74, 6) is 1.85. The Labute approximate surface area is 101 Å². The quantitative estimate of drug-likeness (QED) is 0.746. The summed E-state index contributed by atoms with van der Waals surface area (Å²) in [6, 6.07) is 1.58. The fraction of sp³-hybridized carbons (Fsp3) is 1.00. The molecule has 2 saturated carbocycles. The molecule has 0 bridgehead atoms. The highest BCUT2D eigenvalue weighted by molar-refractivity contribution is 4.93. The van der Waals surface area contributed by atoms with Crippen LogP contribution in [0.5, 0.6) is 0 Å². The normalized spacial score (nSPS) is 43.5. The van der Waals surface area contributed by atoms with Gasteiger partial charge >= 0.3 is 0 Å². The van der Waals surface area contributed by atoms with Gasteiger partial charge in [0.1, 0.15) is 0 Å². The lowest BCUT2D eigenvalue weighted by atomic mass is 9.78. The standard InChI is InChI=1S/C15H29N/c1-11-7-8-13(10-12(11)2)16-14-6-5-9-15(14,3)4/h11-14,16H,5-10H2,1-4H3. The second-order valence-corrected chi connectivity index (χ2v) is 7.06. The summed E-state index contributed by atoms with van der Waals surface area (Å²) in [5, 5.41) is 3.96. The van der Waals surface area contributed by atoms with E-state index in [-0.39, 0.29) is 0 Å². The van der Waals surface area contributed by atoms with Crippen LogP contribution in [-0.2, 0) is 0 Å². The molecule has 94 valence electrons. The first-order chi connectivity index (χ1) is 7.49. The van der Waals surface area contributed by atoms with Crippen molar-refractivity contribution < 1.29 is 0 Å². The van der Waals surface area contributed by atoms with Crippen LogP contribution in [0.4, 0.5) is 0 Å². The molecule has 0 aliphatic heterocycles. The third kappa shape index (κ3) is 2.61. The van der Waals surface area contributed by atoms with Gasteiger partial charge in [-0.1, -0.05) is 34.1 Å². The molecule has 4 unspecified atom stereocenters. The van der Waals surface area contributed by atoms with Gasteiger partial charge in [0.15, 0.2) is 0 Å². The third-order valence-electron chi connectivity index (χ3n) is 5.29. The average molecular weight is 223 g/mol. The second kappa shape index (κ2) is 4.68. The Morgan fingerprint density at radius 3 is 2.31 bits per heavy atom. The van der Waals surface area contributed by atoms with Crippen molar-refractivity contribution >= 4 is 0 Å². The van der Waals surface area contributed by atoms with Crippen molar-refractivity contribution in [3.63, 3.8) is 0 Å². The first kappa shape index (κ1) is 12.4. The first-order valence-electron chi connectivity index (χ1n) is 7.25. The zero-order chi connectivity index (χ0) is 11.8. The zero-order valence-corrected chi connectivity index (χ0v) is 11.6. The van der Waals surface area contributed by atoms with Crippen molar-refractivity contribution in [2.45, 2.75) is 78.3 Å². The molecule has 1 heteroatoms. The Morgan fingerprint density at radius 1 is 1.00 bits per heavy atom. The molecular weight excluding hydrogens is 194 g/mol. The second-order valence-electron chi connectivity index (χ2n) is 7.06. The Morgan fingerprint density at radius 2 is 1.75 bits per heavy atom. The Bertz CT molecular complexity index is 234. The molecule has 2 aliphatic carbocycles. The molecule has 16 heavy (non-hydrogen) atoms. The molecule has 0 aromatic heterocycles. The van der Waals surface area contributed by atoms with E-state index in [0.29, 0.717) is 5.41 Å². The van der Waals surface area contributed by atoms with Gasteiger partial charge in [-0.25, -0.2) is 0 Å². The van der Waals surface area contributed by atoms with Crippen molar-refractivity contribution in [2.75, 3.05) is 0 Å². The van der Waals surface area contributed by atoms with Crippen molar-refractivity contribution in [1.82, 2.24) is 5.32 Å². The Balaban J connectivity index is 1.86. The molecule has 0 spiro atoms. The number of hydrogen-bond acceptors (Lipinski definition) is 1. The molecule has 0 radical (unpaired) electrons. The fourth-order valence-electron chi connectivity index (χ4n) is 3.62. The SMILES string of the molecule is CC1CCC(NC2CCCC2(C)C)CC1C. The summed E-state index contributed by atoms with van der Waals surface area (Å²) in [6.07, 6.45) is 8.44. The minimum absolute atomic E-state index is 0.534. The fourth-order valence-corrected chi connectivity index (χ4v) is 3.62. The number of rotatable bonds is 2. The van der Waals surface area contributed by atoms with E-state index in [9.17, 15) is 0 Å². The molecule has 2 aliphatic rings. The van der Waals surface area contributed by atoms with Crippen LogP contribution in [0.25, 0.3) is 0 Å². The van der Waals surface area contributed by atoms with Crippen LogP contribution in [0.1, 0.15) is 66.2 Å². The summed E-state index contributed by atoms with van der Waals surface area (Å²) in [6.45, 7) is 9.72. The summed E-state index contributed by atoms with van der Waals surface area (Å²) < 4.78 is 0. The summed E-state index contributed by atoms with van der Waals surface area (Å²) in [7, 11) is 0. The molecule has 1 nitrogen and oxygen atoms in total. The maximum Gasteiger partial charge on any atom is 0.0121 e. The molecule has 0 amide bonds. The molecule has 0 heterocycles. The average Bonchev–Trinajstić information content (AvgIpc) is 2.52. The highest BCUT2D eigenvalue weighted by Gasteiger charge is 2.36. The molecule has 0 aromatic carbocycles. The van der Waals surface area contributed by atoms with Crippen LogP contribution in [0.3, 0.4) is 0 Å². The van der Waals surface area contributed by atoms with Gasteiger partial charge in [0.2, 0.25) is 0 Å².